The Balaban J connectivity index is 2.17. The molecule has 8 heteroatoms. The molecule has 0 spiro atoms. The van der Waals surface area contributed by atoms with Crippen molar-refractivity contribution in [3.05, 3.63) is 42.1 Å². The Morgan fingerprint density at radius 3 is 2.74 bits per heavy atom. The van der Waals surface area contributed by atoms with Crippen molar-refractivity contribution in [2.45, 2.75) is 24.5 Å². The number of nitrogens with zero attached hydrogens (tertiary/aromatic N) is 2. The number of nitrogens with one attached hydrogen (secondary N) is 2. The molecule has 2 heterocycles. The van der Waals surface area contributed by atoms with E-state index >= 15 is 0 Å². The predicted molar refractivity (Wildman–Crippen MR) is 69.5 cm³/mol. The number of imidazole rings is 1. The van der Waals surface area contributed by atoms with Gasteiger partial charge in [0.05, 0.1) is 6.04 Å². The molecule has 0 aliphatic rings. The van der Waals surface area contributed by atoms with Gasteiger partial charge in [0.1, 0.15) is 5.82 Å². The zero-order valence-electron chi connectivity index (χ0n) is 10.4. The molecule has 2 aromatic heterocycles. The minimum absolute atomic E-state index is 0.0388. The minimum Gasteiger partial charge on any atom is -0.347 e. The Morgan fingerprint density at radius 2 is 2.21 bits per heavy atom. The van der Waals surface area contributed by atoms with Gasteiger partial charge in [0.2, 0.25) is 0 Å². The van der Waals surface area contributed by atoms with Crippen LogP contribution in [0.5, 0.6) is 0 Å². The van der Waals surface area contributed by atoms with Crippen LogP contribution >= 0.6 is 0 Å². The molecule has 19 heavy (non-hydrogen) atoms. The van der Waals surface area contributed by atoms with E-state index in [4.69, 9.17) is 5.73 Å². The maximum Gasteiger partial charge on any atom is 0.258 e. The Morgan fingerprint density at radius 1 is 1.42 bits per heavy atom. The van der Waals surface area contributed by atoms with E-state index < -0.39 is 16.1 Å². The zero-order chi connectivity index (χ0) is 13.9. The molecule has 2 aromatic rings. The second-order valence-corrected chi connectivity index (χ2v) is 5.69. The van der Waals surface area contributed by atoms with Crippen LogP contribution in [-0.2, 0) is 16.6 Å². The summed E-state index contributed by atoms with van der Waals surface area (Å²) in [6, 6.07) is 2.61. The summed E-state index contributed by atoms with van der Waals surface area (Å²) in [6.45, 7) is 2.02. The van der Waals surface area contributed by atoms with E-state index in [-0.39, 0.29) is 5.03 Å². The summed E-state index contributed by atoms with van der Waals surface area (Å²) in [5.41, 5.74) is 6.21. The lowest BCUT2D eigenvalue weighted by Crippen LogP contribution is -2.28. The lowest BCUT2D eigenvalue weighted by atomic mass is 10.3. The van der Waals surface area contributed by atoms with E-state index in [2.05, 4.69) is 19.7 Å². The van der Waals surface area contributed by atoms with Gasteiger partial charge >= 0.3 is 0 Å². The molecule has 7 nitrogen and oxygen atoms in total. The summed E-state index contributed by atoms with van der Waals surface area (Å²) >= 11 is 0. The molecule has 0 saturated heterocycles. The van der Waals surface area contributed by atoms with Gasteiger partial charge in [-0.2, -0.15) is 4.72 Å². The van der Waals surface area contributed by atoms with Gasteiger partial charge in [0.15, 0.2) is 5.03 Å². The second kappa shape index (κ2) is 5.47. The average molecular weight is 281 g/mol. The molecule has 0 fully saturated rings. The SMILES string of the molecule is CC(NS(=O)(=O)c1ccc(CN)cn1)c1ncc[nH]1. The molecule has 102 valence electrons. The Kier molecular flexibility index (Phi) is 3.93. The zero-order valence-corrected chi connectivity index (χ0v) is 11.2. The van der Waals surface area contributed by atoms with E-state index in [1.54, 1.807) is 25.4 Å². The van der Waals surface area contributed by atoms with Crippen LogP contribution in [0.4, 0.5) is 0 Å². The Hall–Kier alpha value is -1.77. The summed E-state index contributed by atoms with van der Waals surface area (Å²) in [5.74, 6) is 0.544. The van der Waals surface area contributed by atoms with Crippen molar-refractivity contribution in [3.8, 4) is 0 Å². The van der Waals surface area contributed by atoms with Crippen molar-refractivity contribution < 1.29 is 8.42 Å². The molecule has 1 unspecified atom stereocenters. The lowest BCUT2D eigenvalue weighted by Gasteiger charge is -2.11. The number of nitrogens with two attached hydrogens (primary N) is 1. The first-order valence-electron chi connectivity index (χ1n) is 5.69. The van der Waals surface area contributed by atoms with Crippen LogP contribution < -0.4 is 10.5 Å². The third-order valence-corrected chi connectivity index (χ3v) is 4.03. The molecule has 2 rings (SSSR count). The molecule has 0 saturated carbocycles. The van der Waals surface area contributed by atoms with E-state index in [0.717, 1.165) is 5.56 Å². The molecule has 1 atom stereocenters. The van der Waals surface area contributed by atoms with Gasteiger partial charge in [0.25, 0.3) is 10.0 Å². The maximum atomic E-state index is 12.1. The summed E-state index contributed by atoms with van der Waals surface area (Å²) in [5, 5.41) is -0.0388. The fourth-order valence-electron chi connectivity index (χ4n) is 1.55. The molecule has 4 N–H and O–H groups in total. The topological polar surface area (TPSA) is 114 Å². The molecular weight excluding hydrogens is 266 g/mol. The van der Waals surface area contributed by atoms with Gasteiger partial charge < -0.3 is 10.7 Å². The summed E-state index contributed by atoms with van der Waals surface area (Å²) in [4.78, 5) is 10.8. The fraction of sp³-hybridized carbons (Fsp3) is 0.273. The molecule has 0 aromatic carbocycles. The van der Waals surface area contributed by atoms with E-state index in [1.807, 2.05) is 0 Å². The highest BCUT2D eigenvalue weighted by molar-refractivity contribution is 7.89. The summed E-state index contributed by atoms with van der Waals surface area (Å²) in [6.07, 6.45) is 4.65. The van der Waals surface area contributed by atoms with Crippen LogP contribution in [0.3, 0.4) is 0 Å². The number of H-pyrrole nitrogens is 1. The standard InChI is InChI=1S/C11H15N5O2S/c1-8(11-13-4-5-14-11)16-19(17,18)10-3-2-9(6-12)7-15-10/h2-5,7-8,16H,6,12H2,1H3,(H,13,14). The van der Waals surface area contributed by atoms with E-state index in [9.17, 15) is 8.42 Å². The van der Waals surface area contributed by atoms with Gasteiger partial charge in [-0.1, -0.05) is 6.07 Å². The first kappa shape index (κ1) is 13.7. The molecular formula is C11H15N5O2S. The van der Waals surface area contributed by atoms with Gasteiger partial charge in [-0.15, -0.1) is 0 Å². The smallest absolute Gasteiger partial charge is 0.258 e. The van der Waals surface area contributed by atoms with E-state index in [1.165, 1.54) is 12.3 Å². The molecule has 0 radical (unpaired) electrons. The number of rotatable bonds is 5. The highest BCUT2D eigenvalue weighted by Crippen LogP contribution is 2.12. The third-order valence-electron chi connectivity index (χ3n) is 2.57. The van der Waals surface area contributed by atoms with Crippen LogP contribution in [-0.4, -0.2) is 23.4 Å². The van der Waals surface area contributed by atoms with Gasteiger partial charge in [-0.05, 0) is 18.6 Å². The van der Waals surface area contributed by atoms with E-state index in [0.29, 0.717) is 12.4 Å². The largest absolute Gasteiger partial charge is 0.347 e. The number of aromatic amines is 1. The predicted octanol–water partition coefficient (Wildman–Crippen LogP) is 0.303. The van der Waals surface area contributed by atoms with Gasteiger partial charge in [-0.3, -0.25) is 0 Å². The van der Waals surface area contributed by atoms with Crippen molar-refractivity contribution in [1.82, 2.24) is 19.7 Å². The Labute approximate surface area is 111 Å². The lowest BCUT2D eigenvalue weighted by molar-refractivity contribution is 0.557. The number of aromatic nitrogens is 3. The van der Waals surface area contributed by atoms with Gasteiger partial charge in [-0.25, -0.2) is 18.4 Å². The number of pyridine rings is 1. The fourth-order valence-corrected chi connectivity index (χ4v) is 2.69. The maximum absolute atomic E-state index is 12.1. The number of hydrogen-bond acceptors (Lipinski definition) is 5. The molecule has 0 amide bonds. The normalized spacial score (nSPS) is 13.4. The van der Waals surface area contributed by atoms with Crippen LogP contribution in [0.15, 0.2) is 35.7 Å². The van der Waals surface area contributed by atoms with Crippen molar-refractivity contribution in [1.29, 1.82) is 0 Å². The molecule has 0 bridgehead atoms. The molecule has 0 aliphatic carbocycles. The first-order valence-corrected chi connectivity index (χ1v) is 7.18. The highest BCUT2D eigenvalue weighted by Gasteiger charge is 2.20. The van der Waals surface area contributed by atoms with Crippen molar-refractivity contribution in [2.24, 2.45) is 5.73 Å². The highest BCUT2D eigenvalue weighted by atomic mass is 32.2. The van der Waals surface area contributed by atoms with Crippen LogP contribution in [0, 0.1) is 0 Å². The van der Waals surface area contributed by atoms with Crippen molar-refractivity contribution in [3.63, 3.8) is 0 Å². The van der Waals surface area contributed by atoms with Crippen LogP contribution in [0.1, 0.15) is 24.4 Å². The van der Waals surface area contributed by atoms with Gasteiger partial charge in [0, 0.05) is 25.1 Å². The third kappa shape index (κ3) is 3.16. The molecule has 0 aliphatic heterocycles. The summed E-state index contributed by atoms with van der Waals surface area (Å²) in [7, 11) is -3.67. The summed E-state index contributed by atoms with van der Waals surface area (Å²) < 4.78 is 26.7. The first-order chi connectivity index (χ1) is 9.03. The van der Waals surface area contributed by atoms with Crippen molar-refractivity contribution >= 4 is 10.0 Å². The van der Waals surface area contributed by atoms with Crippen molar-refractivity contribution in [2.75, 3.05) is 0 Å². The second-order valence-electron chi connectivity index (χ2n) is 4.03. The minimum atomic E-state index is -3.67. The average Bonchev–Trinajstić information content (AvgIpc) is 2.92. The number of hydrogen-bond donors (Lipinski definition) is 3. The number of sulfonamides is 1. The quantitative estimate of drug-likeness (QED) is 0.729. The monoisotopic (exact) mass is 281 g/mol. The van der Waals surface area contributed by atoms with Crippen LogP contribution in [0.25, 0.3) is 0 Å². The van der Waals surface area contributed by atoms with Crippen LogP contribution in [0.2, 0.25) is 0 Å². The Bertz CT molecular complexity index is 622.